The van der Waals surface area contributed by atoms with E-state index in [2.05, 4.69) is 18.3 Å². The number of hydrogen-bond acceptors (Lipinski definition) is 3. The van der Waals surface area contributed by atoms with Crippen LogP contribution in [0.4, 0.5) is 0 Å². The van der Waals surface area contributed by atoms with Gasteiger partial charge in [0.2, 0.25) is 0 Å². The minimum atomic E-state index is 0. The molecule has 2 rings (SSSR count). The average molecular weight is 230 g/mol. The number of fused-ring (bicyclic) bond motifs is 1. The predicted molar refractivity (Wildman–Crippen MR) is 62.2 cm³/mol. The summed E-state index contributed by atoms with van der Waals surface area (Å²) in [7, 11) is 1.95. The lowest BCUT2D eigenvalue weighted by Crippen LogP contribution is -2.17. The Bertz CT molecular complexity index is 330. The van der Waals surface area contributed by atoms with Gasteiger partial charge in [-0.3, -0.25) is 0 Å². The maximum absolute atomic E-state index is 5.51. The third-order valence-electron chi connectivity index (χ3n) is 2.50. The number of hydrogen-bond donors (Lipinski definition) is 1. The van der Waals surface area contributed by atoms with Crippen molar-refractivity contribution in [2.24, 2.45) is 0 Å². The van der Waals surface area contributed by atoms with Gasteiger partial charge in [0.05, 0.1) is 0 Å². The number of rotatable bonds is 2. The second-order valence-electron chi connectivity index (χ2n) is 3.41. The molecule has 1 aromatic carbocycles. The number of halogens is 1. The Hall–Kier alpha value is -0.930. The minimum Gasteiger partial charge on any atom is -0.486 e. The Morgan fingerprint density at radius 1 is 1.20 bits per heavy atom. The van der Waals surface area contributed by atoms with Gasteiger partial charge in [-0.2, -0.15) is 0 Å². The van der Waals surface area contributed by atoms with Crippen LogP contribution in [0.3, 0.4) is 0 Å². The Kier molecular flexibility index (Phi) is 4.24. The van der Waals surface area contributed by atoms with Crippen molar-refractivity contribution in [2.75, 3.05) is 20.3 Å². The molecule has 0 bridgehead atoms. The molecule has 0 spiro atoms. The number of ether oxygens (including phenoxy) is 2. The van der Waals surface area contributed by atoms with Crippen molar-refractivity contribution in [3.63, 3.8) is 0 Å². The van der Waals surface area contributed by atoms with Gasteiger partial charge in [0.15, 0.2) is 11.5 Å². The maximum Gasteiger partial charge on any atom is 0.161 e. The summed E-state index contributed by atoms with van der Waals surface area (Å²) in [5.74, 6) is 1.71. The summed E-state index contributed by atoms with van der Waals surface area (Å²) >= 11 is 0. The first-order chi connectivity index (χ1) is 6.81. The van der Waals surface area contributed by atoms with Gasteiger partial charge in [-0.1, -0.05) is 6.07 Å². The summed E-state index contributed by atoms with van der Waals surface area (Å²) in [6.45, 7) is 3.41. The van der Waals surface area contributed by atoms with Crippen molar-refractivity contribution in [2.45, 2.75) is 13.0 Å². The van der Waals surface area contributed by atoms with Gasteiger partial charge in [0, 0.05) is 6.04 Å². The lowest BCUT2D eigenvalue weighted by molar-refractivity contribution is 0.171. The molecular formula is C11H16ClNO2. The number of nitrogens with one attached hydrogen (secondary N) is 1. The molecule has 1 atom stereocenters. The summed E-state index contributed by atoms with van der Waals surface area (Å²) in [4.78, 5) is 0. The predicted octanol–water partition coefficient (Wildman–Crippen LogP) is 2.16. The monoisotopic (exact) mass is 229 g/mol. The fraction of sp³-hybridized carbons (Fsp3) is 0.455. The van der Waals surface area contributed by atoms with Gasteiger partial charge in [-0.05, 0) is 31.7 Å². The highest BCUT2D eigenvalue weighted by atomic mass is 35.5. The first-order valence-electron chi connectivity index (χ1n) is 4.88. The van der Waals surface area contributed by atoms with Crippen LogP contribution < -0.4 is 14.8 Å². The summed E-state index contributed by atoms with van der Waals surface area (Å²) in [6.07, 6.45) is 0. The van der Waals surface area contributed by atoms with E-state index in [1.165, 1.54) is 5.56 Å². The zero-order valence-electron chi connectivity index (χ0n) is 8.95. The summed E-state index contributed by atoms with van der Waals surface area (Å²) < 4.78 is 11.0. The van der Waals surface area contributed by atoms with Crippen molar-refractivity contribution in [1.82, 2.24) is 5.32 Å². The molecule has 0 aromatic heterocycles. The van der Waals surface area contributed by atoms with Gasteiger partial charge < -0.3 is 14.8 Å². The van der Waals surface area contributed by atoms with Crippen molar-refractivity contribution in [3.8, 4) is 11.5 Å². The lowest BCUT2D eigenvalue weighted by atomic mass is 10.1. The van der Waals surface area contributed by atoms with E-state index in [0.717, 1.165) is 11.5 Å². The van der Waals surface area contributed by atoms with Crippen LogP contribution in [-0.4, -0.2) is 20.3 Å². The maximum atomic E-state index is 5.51. The van der Waals surface area contributed by atoms with Gasteiger partial charge in [0.1, 0.15) is 13.2 Å². The first kappa shape index (κ1) is 12.1. The van der Waals surface area contributed by atoms with E-state index in [-0.39, 0.29) is 12.4 Å². The highest BCUT2D eigenvalue weighted by molar-refractivity contribution is 5.85. The fourth-order valence-corrected chi connectivity index (χ4v) is 1.50. The average Bonchev–Trinajstić information content (AvgIpc) is 2.27. The molecule has 3 nitrogen and oxygen atoms in total. The molecule has 1 aliphatic heterocycles. The van der Waals surface area contributed by atoms with Crippen molar-refractivity contribution in [3.05, 3.63) is 23.8 Å². The molecule has 0 fully saturated rings. The topological polar surface area (TPSA) is 30.5 Å². The zero-order chi connectivity index (χ0) is 9.97. The van der Waals surface area contributed by atoms with E-state index >= 15 is 0 Å². The molecule has 4 heteroatoms. The molecule has 0 radical (unpaired) electrons. The van der Waals surface area contributed by atoms with E-state index in [1.807, 2.05) is 19.2 Å². The Labute approximate surface area is 96.2 Å². The van der Waals surface area contributed by atoms with Crippen molar-refractivity contribution in [1.29, 1.82) is 0 Å². The van der Waals surface area contributed by atoms with Gasteiger partial charge >= 0.3 is 0 Å². The Morgan fingerprint density at radius 3 is 2.53 bits per heavy atom. The molecule has 1 N–H and O–H groups in total. The number of benzene rings is 1. The molecule has 84 valence electrons. The van der Waals surface area contributed by atoms with Crippen LogP contribution in [0, 0.1) is 0 Å². The molecule has 1 aliphatic rings. The molecule has 15 heavy (non-hydrogen) atoms. The Morgan fingerprint density at radius 2 is 1.87 bits per heavy atom. The minimum absolute atomic E-state index is 0. The van der Waals surface area contributed by atoms with Gasteiger partial charge in [0.25, 0.3) is 0 Å². The van der Waals surface area contributed by atoms with Crippen LogP contribution in [0.5, 0.6) is 11.5 Å². The first-order valence-corrected chi connectivity index (χ1v) is 4.88. The van der Waals surface area contributed by atoms with E-state index in [0.29, 0.717) is 19.3 Å². The van der Waals surface area contributed by atoms with Gasteiger partial charge in [-0.25, -0.2) is 0 Å². The smallest absolute Gasteiger partial charge is 0.161 e. The van der Waals surface area contributed by atoms with Crippen LogP contribution in [0.25, 0.3) is 0 Å². The standard InChI is InChI=1S/C11H15NO2.ClH/c1-8(12-2)9-3-4-10-11(7-9)14-6-5-13-10;/h3-4,7-8,12H,5-6H2,1-2H3;1H. The highest BCUT2D eigenvalue weighted by Crippen LogP contribution is 2.32. The second-order valence-corrected chi connectivity index (χ2v) is 3.41. The quantitative estimate of drug-likeness (QED) is 0.843. The third-order valence-corrected chi connectivity index (χ3v) is 2.50. The van der Waals surface area contributed by atoms with Crippen LogP contribution in [-0.2, 0) is 0 Å². The summed E-state index contributed by atoms with van der Waals surface area (Å²) in [5.41, 5.74) is 1.22. The van der Waals surface area contributed by atoms with Crippen LogP contribution in [0.1, 0.15) is 18.5 Å². The van der Waals surface area contributed by atoms with Gasteiger partial charge in [-0.15, -0.1) is 12.4 Å². The summed E-state index contributed by atoms with van der Waals surface area (Å²) in [6, 6.07) is 6.41. The van der Waals surface area contributed by atoms with E-state index in [1.54, 1.807) is 0 Å². The second kappa shape index (κ2) is 5.24. The van der Waals surface area contributed by atoms with Crippen molar-refractivity contribution >= 4 is 12.4 Å². The molecule has 1 unspecified atom stereocenters. The van der Waals surface area contributed by atoms with Crippen LogP contribution in [0.15, 0.2) is 18.2 Å². The van der Waals surface area contributed by atoms with E-state index in [9.17, 15) is 0 Å². The molecule has 0 saturated carbocycles. The Balaban J connectivity index is 0.00000112. The molecule has 0 aliphatic carbocycles. The molecule has 0 saturated heterocycles. The van der Waals surface area contributed by atoms with Crippen LogP contribution in [0.2, 0.25) is 0 Å². The lowest BCUT2D eigenvalue weighted by Gasteiger charge is -2.20. The van der Waals surface area contributed by atoms with Crippen molar-refractivity contribution < 1.29 is 9.47 Å². The molecule has 1 aromatic rings. The van der Waals surface area contributed by atoms with E-state index in [4.69, 9.17) is 9.47 Å². The molecule has 0 amide bonds. The van der Waals surface area contributed by atoms with Crippen LogP contribution >= 0.6 is 12.4 Å². The highest BCUT2D eigenvalue weighted by Gasteiger charge is 2.13. The molecule has 1 heterocycles. The third kappa shape index (κ3) is 2.55. The molecular weight excluding hydrogens is 214 g/mol. The largest absolute Gasteiger partial charge is 0.486 e. The van der Waals surface area contributed by atoms with E-state index < -0.39 is 0 Å². The fourth-order valence-electron chi connectivity index (χ4n) is 1.50. The zero-order valence-corrected chi connectivity index (χ0v) is 9.76. The SMILES string of the molecule is CNC(C)c1ccc2c(c1)OCCO2.Cl. The summed E-state index contributed by atoms with van der Waals surface area (Å²) in [5, 5.41) is 3.19. The normalized spacial score (nSPS) is 15.3.